The van der Waals surface area contributed by atoms with E-state index >= 15 is 0 Å². The molecule has 0 spiro atoms. The van der Waals surface area contributed by atoms with Gasteiger partial charge >= 0.3 is 26.0 Å². The van der Waals surface area contributed by atoms with Gasteiger partial charge < -0.3 is 34.8 Å². The number of rotatable bonds is 28. The average molecular weight is 605 g/mol. The molecule has 0 unspecified atom stereocenters. The molecular formula is C25H57ClO8Si3. The highest BCUT2D eigenvalue weighted by Crippen LogP contribution is 2.29. The van der Waals surface area contributed by atoms with E-state index in [2.05, 4.69) is 41.5 Å². The molecule has 0 aliphatic carbocycles. The Balaban J connectivity index is 5.98. The van der Waals surface area contributed by atoms with E-state index in [4.69, 9.17) is 45.9 Å². The highest BCUT2D eigenvalue weighted by atomic mass is 35.6. The second kappa shape index (κ2) is 23.3. The molecule has 0 bridgehead atoms. The van der Waals surface area contributed by atoms with Crippen molar-refractivity contribution in [2.24, 2.45) is 0 Å². The lowest BCUT2D eigenvalue weighted by Gasteiger charge is -2.37. The Morgan fingerprint density at radius 3 is 0.757 bits per heavy atom. The molecule has 0 rings (SSSR count). The third-order valence-electron chi connectivity index (χ3n) is 5.27. The minimum absolute atomic E-state index is 0.470. The minimum Gasteiger partial charge on any atom is -0.359 e. The molecule has 0 atom stereocenters. The first-order valence-electron chi connectivity index (χ1n) is 14.7. The third kappa shape index (κ3) is 18.6. The van der Waals surface area contributed by atoms with Crippen LogP contribution in [0.2, 0.25) is 6.55 Å². The Morgan fingerprint density at radius 1 is 0.405 bits per heavy atom. The summed E-state index contributed by atoms with van der Waals surface area (Å²) in [7, 11) is -10.7. The fourth-order valence-electron chi connectivity index (χ4n) is 2.94. The largest absolute Gasteiger partial charge is 0.671 e. The van der Waals surface area contributed by atoms with Gasteiger partial charge in [-0.25, -0.2) is 0 Å². The molecule has 224 valence electrons. The molecule has 0 aromatic rings. The summed E-state index contributed by atoms with van der Waals surface area (Å²) in [6.45, 7) is 17.3. The molecule has 0 saturated heterocycles. The van der Waals surface area contributed by atoms with Crippen LogP contribution in [0.3, 0.4) is 0 Å². The number of halogens is 1. The molecule has 0 saturated carbocycles. The van der Waals surface area contributed by atoms with E-state index in [1.54, 1.807) is 6.55 Å². The van der Waals surface area contributed by atoms with E-state index in [-0.39, 0.29) is 0 Å². The molecule has 0 heterocycles. The van der Waals surface area contributed by atoms with Gasteiger partial charge in [0.05, 0.1) is 0 Å². The molecule has 0 fully saturated rings. The maximum absolute atomic E-state index is 7.07. The van der Waals surface area contributed by atoms with Crippen LogP contribution in [0.5, 0.6) is 0 Å². The number of unbranched alkanes of at least 4 members (excludes halogenated alkanes) is 6. The van der Waals surface area contributed by atoms with Gasteiger partial charge in [-0.1, -0.05) is 80.1 Å². The van der Waals surface area contributed by atoms with E-state index in [1.165, 1.54) is 0 Å². The van der Waals surface area contributed by atoms with E-state index in [0.717, 1.165) is 77.0 Å². The van der Waals surface area contributed by atoms with Crippen LogP contribution in [-0.4, -0.2) is 65.6 Å². The lowest BCUT2D eigenvalue weighted by molar-refractivity contribution is -0.0263. The van der Waals surface area contributed by atoms with E-state index in [0.29, 0.717) is 39.6 Å². The van der Waals surface area contributed by atoms with Gasteiger partial charge in [0.2, 0.25) is 0 Å². The van der Waals surface area contributed by atoms with Crippen molar-refractivity contribution in [1.29, 1.82) is 0 Å². The van der Waals surface area contributed by atoms with Gasteiger partial charge in [0.15, 0.2) is 0 Å². The summed E-state index contributed by atoms with van der Waals surface area (Å²) in [6.07, 6.45) is 11.1. The van der Waals surface area contributed by atoms with Gasteiger partial charge in [0.1, 0.15) is 0 Å². The summed E-state index contributed by atoms with van der Waals surface area (Å²) in [5, 5.41) is 0. The van der Waals surface area contributed by atoms with Crippen molar-refractivity contribution in [2.75, 3.05) is 39.6 Å². The fraction of sp³-hybridized carbons (Fsp3) is 1.00. The Hall–Kier alpha value is 0.621. The zero-order valence-corrected chi connectivity index (χ0v) is 28.6. The first-order chi connectivity index (χ1) is 17.8. The Morgan fingerprint density at radius 2 is 0.595 bits per heavy atom. The van der Waals surface area contributed by atoms with Gasteiger partial charge in [-0.15, -0.1) is 11.1 Å². The summed E-state index contributed by atoms with van der Waals surface area (Å²) in [5.74, 6) is 0. The van der Waals surface area contributed by atoms with Crippen molar-refractivity contribution in [3.63, 3.8) is 0 Å². The van der Waals surface area contributed by atoms with Gasteiger partial charge in [-0.05, 0) is 45.1 Å². The van der Waals surface area contributed by atoms with Crippen molar-refractivity contribution in [3.8, 4) is 0 Å². The van der Waals surface area contributed by atoms with Crippen molar-refractivity contribution in [2.45, 2.75) is 125 Å². The van der Waals surface area contributed by atoms with E-state index < -0.39 is 26.0 Å². The second-order valence-corrected chi connectivity index (χ2v) is 18.3. The average Bonchev–Trinajstić information content (AvgIpc) is 2.84. The molecule has 12 heteroatoms. The van der Waals surface area contributed by atoms with Crippen LogP contribution in [0.1, 0.15) is 119 Å². The Kier molecular flexibility index (Phi) is 23.7. The topological polar surface area (TPSA) is 73.8 Å². The van der Waals surface area contributed by atoms with Crippen LogP contribution < -0.4 is 0 Å². The number of hydrogen-bond acceptors (Lipinski definition) is 8. The lowest BCUT2D eigenvalue weighted by Crippen LogP contribution is -2.62. The van der Waals surface area contributed by atoms with Crippen LogP contribution in [0.4, 0.5) is 0 Å². The van der Waals surface area contributed by atoms with E-state index in [1.807, 2.05) is 0 Å². The number of hydrogen-bond donors (Lipinski definition) is 0. The molecule has 0 N–H and O–H groups in total. The summed E-state index contributed by atoms with van der Waals surface area (Å²) in [4.78, 5) is 0. The smallest absolute Gasteiger partial charge is 0.359 e. The first-order valence-corrected chi connectivity index (χ1v) is 21.3. The molecule has 0 aliphatic heterocycles. The molecular weight excluding hydrogens is 548 g/mol. The van der Waals surface area contributed by atoms with Crippen molar-refractivity contribution in [3.05, 3.63) is 0 Å². The van der Waals surface area contributed by atoms with Gasteiger partial charge in [-0.2, -0.15) is 0 Å². The summed E-state index contributed by atoms with van der Waals surface area (Å²) in [6, 6.07) is 0. The highest BCUT2D eigenvalue weighted by molar-refractivity contribution is 7.16. The SMILES string of the molecule is CCCCO[Si](OCCCC)(OCCCC)O[Si](C)(Cl)O[Si](OCCCC)(OCCCC)OCCCC. The standard InChI is InChI=1S/C25H57ClO8Si3/c1-8-14-20-27-36(28-21-15-9-2,29-22-16-10-3)33-35(7,26)34-37(30-23-17-11-4,31-24-18-12-5)32-25-19-13-6/h8-25H2,1-7H3. The predicted octanol–water partition coefficient (Wildman–Crippen LogP) is 7.60. The van der Waals surface area contributed by atoms with Gasteiger partial charge in [-0.3, -0.25) is 0 Å². The molecule has 8 nitrogen and oxygen atoms in total. The van der Waals surface area contributed by atoms with Crippen molar-refractivity contribution in [1.82, 2.24) is 0 Å². The lowest BCUT2D eigenvalue weighted by atomic mass is 10.4. The zero-order chi connectivity index (χ0) is 27.9. The normalized spacial score (nSPS) is 13.0. The first kappa shape index (κ1) is 37.6. The minimum atomic E-state index is -3.60. The van der Waals surface area contributed by atoms with Gasteiger partial charge in [0, 0.05) is 39.6 Å². The highest BCUT2D eigenvalue weighted by Gasteiger charge is 2.59. The Bertz CT molecular complexity index is 425. The quantitative estimate of drug-likeness (QED) is 0.0513. The fourth-order valence-corrected chi connectivity index (χ4v) is 13.0. The van der Waals surface area contributed by atoms with Crippen LogP contribution in [0.25, 0.3) is 0 Å². The summed E-state index contributed by atoms with van der Waals surface area (Å²) >= 11 is 7.07. The van der Waals surface area contributed by atoms with Gasteiger partial charge in [0.25, 0.3) is 0 Å². The van der Waals surface area contributed by atoms with Crippen LogP contribution in [0, 0.1) is 0 Å². The molecule has 0 amide bonds. The third-order valence-corrected chi connectivity index (χ3v) is 14.9. The van der Waals surface area contributed by atoms with Crippen LogP contribution in [0.15, 0.2) is 0 Å². The molecule has 37 heavy (non-hydrogen) atoms. The van der Waals surface area contributed by atoms with E-state index in [9.17, 15) is 0 Å². The maximum Gasteiger partial charge on any atom is 0.671 e. The maximum atomic E-state index is 7.07. The molecule has 0 aliphatic rings. The second-order valence-electron chi connectivity index (χ2n) is 9.25. The summed E-state index contributed by atoms with van der Waals surface area (Å²) < 4.78 is 50.4. The zero-order valence-electron chi connectivity index (χ0n) is 24.9. The van der Waals surface area contributed by atoms with Crippen LogP contribution >= 0.6 is 11.1 Å². The molecule has 0 aromatic heterocycles. The predicted molar refractivity (Wildman–Crippen MR) is 156 cm³/mol. The van der Waals surface area contributed by atoms with Crippen LogP contribution in [-0.2, 0) is 34.8 Å². The van der Waals surface area contributed by atoms with Crippen molar-refractivity contribution >= 4 is 37.0 Å². The Labute approximate surface area is 236 Å². The molecule has 0 aromatic carbocycles. The van der Waals surface area contributed by atoms with Crippen molar-refractivity contribution < 1.29 is 34.8 Å². The monoisotopic (exact) mass is 604 g/mol. The molecule has 0 radical (unpaired) electrons. The summed E-state index contributed by atoms with van der Waals surface area (Å²) in [5.41, 5.74) is 0.